The summed E-state index contributed by atoms with van der Waals surface area (Å²) in [5, 5.41) is 18.7. The van der Waals surface area contributed by atoms with Crippen molar-refractivity contribution in [1.29, 1.82) is 0 Å². The average molecular weight is 1010 g/mol. The van der Waals surface area contributed by atoms with Gasteiger partial charge in [0.1, 0.15) is 22.9 Å². The molecule has 6 heterocycles. The summed E-state index contributed by atoms with van der Waals surface area (Å²) in [5.74, 6) is 0.159. The summed E-state index contributed by atoms with van der Waals surface area (Å²) >= 11 is 0. The minimum absolute atomic E-state index is 0.00598. The van der Waals surface area contributed by atoms with Gasteiger partial charge in [0.15, 0.2) is 5.82 Å². The van der Waals surface area contributed by atoms with Crippen LogP contribution in [0.25, 0.3) is 32.8 Å². The van der Waals surface area contributed by atoms with E-state index >= 15 is 8.78 Å². The highest BCUT2D eigenvalue weighted by Gasteiger charge is 2.46. The van der Waals surface area contributed by atoms with E-state index in [2.05, 4.69) is 25.3 Å². The van der Waals surface area contributed by atoms with Gasteiger partial charge in [-0.3, -0.25) is 19.8 Å². The zero-order valence-electron chi connectivity index (χ0n) is 42.9. The smallest absolute Gasteiger partial charge is 0.328 e. The van der Waals surface area contributed by atoms with E-state index in [1.807, 2.05) is 43.0 Å². The van der Waals surface area contributed by atoms with Crippen molar-refractivity contribution in [3.05, 3.63) is 82.9 Å². The van der Waals surface area contributed by atoms with E-state index in [1.54, 1.807) is 23.1 Å². The Labute approximate surface area is 431 Å². The van der Waals surface area contributed by atoms with Crippen LogP contribution in [0, 0.1) is 35.3 Å². The number of piperazine rings is 2. The number of phenols is 1. The molecule has 16 heteroatoms. The highest BCUT2D eigenvalue weighted by molar-refractivity contribution is 6.07. The van der Waals surface area contributed by atoms with Crippen LogP contribution in [0.5, 0.6) is 11.8 Å². The molecule has 2 unspecified atom stereocenters. The number of nitrogens with one attached hydrogen (secondary N) is 2. The molecule has 2 aliphatic carbocycles. The average Bonchev–Trinajstić information content (AvgIpc) is 4.09. The van der Waals surface area contributed by atoms with Crippen LogP contribution in [0.2, 0.25) is 0 Å². The van der Waals surface area contributed by atoms with Gasteiger partial charge in [-0.2, -0.15) is 9.97 Å². The summed E-state index contributed by atoms with van der Waals surface area (Å²) in [4.78, 5) is 59.0. The maximum absolute atomic E-state index is 17.3. The van der Waals surface area contributed by atoms with Gasteiger partial charge in [0.05, 0.1) is 6.61 Å². The molecule has 2 atom stereocenters. The molecular weight excluding hydrogens is 941 g/mol. The second kappa shape index (κ2) is 19.6. The zero-order valence-corrected chi connectivity index (χ0v) is 42.9. The number of amides is 4. The zero-order chi connectivity index (χ0) is 50.9. The molecule has 7 aliphatic rings. The van der Waals surface area contributed by atoms with E-state index in [1.165, 1.54) is 37.8 Å². The summed E-state index contributed by atoms with van der Waals surface area (Å²) in [6.07, 6.45) is 11.9. The maximum Gasteiger partial charge on any atom is 0.328 e. The Morgan fingerprint density at radius 2 is 1.57 bits per heavy atom. The maximum atomic E-state index is 17.3. The third-order valence-electron chi connectivity index (χ3n) is 18.2. The van der Waals surface area contributed by atoms with Crippen molar-refractivity contribution in [1.82, 2.24) is 35.3 Å². The number of urea groups is 1. The molecule has 390 valence electrons. The minimum atomic E-state index is -0.545. The Morgan fingerprint density at radius 3 is 2.28 bits per heavy atom. The molecule has 1 spiro atoms. The minimum Gasteiger partial charge on any atom is -0.508 e. The van der Waals surface area contributed by atoms with Crippen LogP contribution >= 0.6 is 0 Å². The van der Waals surface area contributed by atoms with Crippen LogP contribution in [0.4, 0.5) is 25.1 Å². The number of benzene rings is 4. The van der Waals surface area contributed by atoms with Gasteiger partial charge in [0, 0.05) is 118 Å². The lowest BCUT2D eigenvalue weighted by Crippen LogP contribution is -2.51. The predicted octanol–water partition coefficient (Wildman–Crippen LogP) is 8.58. The molecule has 74 heavy (non-hydrogen) atoms. The van der Waals surface area contributed by atoms with Crippen molar-refractivity contribution in [2.75, 3.05) is 88.4 Å². The van der Waals surface area contributed by atoms with Gasteiger partial charge in [-0.05, 0) is 153 Å². The van der Waals surface area contributed by atoms with Crippen LogP contribution in [0.3, 0.4) is 0 Å². The first-order valence-corrected chi connectivity index (χ1v) is 27.4. The molecule has 4 aromatic carbocycles. The number of carbonyl (C=O) groups is 3. The van der Waals surface area contributed by atoms with Crippen molar-refractivity contribution in [2.45, 2.75) is 103 Å². The lowest BCUT2D eigenvalue weighted by molar-refractivity contribution is -0.120. The van der Waals surface area contributed by atoms with Gasteiger partial charge in [0.25, 0.3) is 5.91 Å². The number of carbonyl (C=O) groups excluding carboxylic acids is 3. The van der Waals surface area contributed by atoms with Gasteiger partial charge in [-0.25, -0.2) is 13.6 Å². The monoisotopic (exact) mass is 1010 g/mol. The fraction of sp³-hybridized carbons (Fsp3) is 0.534. The second-order valence-electron chi connectivity index (χ2n) is 23.0. The molecule has 3 N–H and O–H groups in total. The summed E-state index contributed by atoms with van der Waals surface area (Å²) in [6, 6.07) is 15.7. The number of likely N-dealkylation sites (tertiary alicyclic amines) is 1. The third-order valence-corrected chi connectivity index (χ3v) is 18.2. The van der Waals surface area contributed by atoms with Crippen molar-refractivity contribution < 1.29 is 33.0 Å². The van der Waals surface area contributed by atoms with Crippen molar-refractivity contribution in [3.63, 3.8) is 0 Å². The lowest BCUT2D eigenvalue weighted by Gasteiger charge is -2.47. The first-order chi connectivity index (χ1) is 35.8. The molecule has 14 nitrogen and oxygen atoms in total. The van der Waals surface area contributed by atoms with Gasteiger partial charge >= 0.3 is 12.0 Å². The number of imide groups is 1. The molecule has 2 saturated carbocycles. The quantitative estimate of drug-likeness (QED) is 0.111. The summed E-state index contributed by atoms with van der Waals surface area (Å²) < 4.78 is 39.1. The molecule has 4 amide bonds. The number of anilines is 2. The number of hydrogen-bond donors (Lipinski definition) is 3. The summed E-state index contributed by atoms with van der Waals surface area (Å²) in [7, 11) is 0. The van der Waals surface area contributed by atoms with E-state index < -0.39 is 11.8 Å². The standard InChI is InChI=1S/C58H69F2N9O5/c1-3-43-47(59)11-6-38-28-42(70)30-46(50(38)43)44-9-10-45-52(51(44)60)63-55(64-53(45)68-32-40-7-8-41(33-68)61-40)74-35-58(17-18-58)34-66-26-24-65(25-27-66)31-37-12-15-57(16-13-37)19-22-67(23-20-57)54(72)39-5-4-36(2)48(29-39)69-21-14-49(71)62-56(69)73/h4-6,9-11,28-30,37,40-41,61,70H,3,7-8,12-27,31-35H2,1-2H3,(H,62,71,73). The van der Waals surface area contributed by atoms with E-state index in [0.29, 0.717) is 87.3 Å². The Kier molecular flexibility index (Phi) is 13.0. The second-order valence-corrected chi connectivity index (χ2v) is 23.0. The Balaban J connectivity index is 0.657. The van der Waals surface area contributed by atoms with Crippen molar-refractivity contribution >= 4 is 51.0 Å². The molecule has 5 saturated heterocycles. The number of nitrogens with zero attached hydrogens (tertiary/aromatic N) is 7. The third kappa shape index (κ3) is 9.55. The fourth-order valence-electron chi connectivity index (χ4n) is 13.5. The molecule has 7 fully saturated rings. The van der Waals surface area contributed by atoms with Gasteiger partial charge < -0.3 is 34.8 Å². The molecule has 2 bridgehead atoms. The fourth-order valence-corrected chi connectivity index (χ4v) is 13.5. The van der Waals surface area contributed by atoms with Crippen molar-refractivity contribution in [3.8, 4) is 22.9 Å². The van der Waals surface area contributed by atoms with Gasteiger partial charge in [0.2, 0.25) is 5.91 Å². The van der Waals surface area contributed by atoms with Crippen LogP contribution in [0.15, 0.2) is 54.6 Å². The molecule has 5 aliphatic heterocycles. The molecule has 12 rings (SSSR count). The number of halogens is 2. The number of aromatic hydroxyl groups is 1. The number of piperidine rings is 1. The predicted molar refractivity (Wildman–Crippen MR) is 282 cm³/mol. The van der Waals surface area contributed by atoms with E-state index in [0.717, 1.165) is 110 Å². The topological polar surface area (TPSA) is 147 Å². The molecule has 0 radical (unpaired) electrons. The number of rotatable bonds is 12. The summed E-state index contributed by atoms with van der Waals surface area (Å²) in [5.41, 5.74) is 3.75. The number of fused-ring (bicyclic) bond motifs is 4. The van der Waals surface area contributed by atoms with Crippen LogP contribution in [0.1, 0.15) is 99.0 Å². The first kappa shape index (κ1) is 48.9. The molecular formula is C58H69F2N9O5. The number of hydrogen-bond acceptors (Lipinski definition) is 11. The van der Waals surface area contributed by atoms with Crippen LogP contribution < -0.4 is 25.2 Å². The van der Waals surface area contributed by atoms with Crippen LogP contribution in [-0.2, 0) is 11.2 Å². The van der Waals surface area contributed by atoms with Gasteiger partial charge in [-0.15, -0.1) is 0 Å². The summed E-state index contributed by atoms with van der Waals surface area (Å²) in [6.45, 7) is 13.8. The largest absolute Gasteiger partial charge is 0.508 e. The normalized spacial score (nSPS) is 23.3. The van der Waals surface area contributed by atoms with E-state index in [4.69, 9.17) is 14.7 Å². The van der Waals surface area contributed by atoms with E-state index in [9.17, 15) is 19.5 Å². The van der Waals surface area contributed by atoms with E-state index in [-0.39, 0.29) is 52.3 Å². The lowest BCUT2D eigenvalue weighted by atomic mass is 9.65. The van der Waals surface area contributed by atoms with Gasteiger partial charge in [-0.1, -0.05) is 25.1 Å². The number of ether oxygens (including phenoxy) is 1. The first-order valence-electron chi connectivity index (χ1n) is 27.4. The SMILES string of the molecule is CCc1c(F)ccc2cc(O)cc(-c3ccc4c(N5CC6CCC(C5)N6)nc(OCC5(CN6CCN(CC7CCC8(CC7)CCN(C(=O)c7ccc(C)c(N9CCC(=O)NC9=O)c7)CC8)CC6)CC5)nc4c3F)c12. The number of phenolic OH excluding ortho intramolecular Hbond substituents is 1. The highest BCUT2D eigenvalue weighted by Crippen LogP contribution is 2.49. The Bertz CT molecular complexity index is 3000. The Hall–Kier alpha value is -5.97. The number of aryl methyl sites for hydroxylation is 2. The van der Waals surface area contributed by atoms with Crippen LogP contribution in [-0.4, -0.2) is 138 Å². The molecule has 5 aromatic rings. The van der Waals surface area contributed by atoms with Crippen molar-refractivity contribution in [2.24, 2.45) is 16.7 Å². The molecule has 1 aromatic heterocycles. The highest BCUT2D eigenvalue weighted by atomic mass is 19.1. The Morgan fingerprint density at radius 1 is 0.824 bits per heavy atom. The number of aromatic nitrogens is 2.